The van der Waals surface area contributed by atoms with E-state index in [4.69, 9.17) is 0 Å². The lowest BCUT2D eigenvalue weighted by molar-refractivity contribution is -0.163. The molecule has 1 rings (SSSR count). The van der Waals surface area contributed by atoms with E-state index in [-0.39, 0.29) is 12.0 Å². The molecule has 0 aliphatic rings. The zero-order valence-electron chi connectivity index (χ0n) is 17.5. The Bertz CT molecular complexity index is 828. The van der Waals surface area contributed by atoms with E-state index in [1.54, 1.807) is 6.07 Å². The lowest BCUT2D eigenvalue weighted by Crippen LogP contribution is -2.56. The van der Waals surface area contributed by atoms with Crippen LogP contribution in [-0.2, 0) is 39.9 Å². The van der Waals surface area contributed by atoms with Gasteiger partial charge in [-0.2, -0.15) is 0 Å². The van der Waals surface area contributed by atoms with Crippen molar-refractivity contribution in [2.75, 3.05) is 14.2 Å². The van der Waals surface area contributed by atoms with Crippen LogP contribution >= 0.6 is 0 Å². The van der Waals surface area contributed by atoms with Gasteiger partial charge >= 0.3 is 17.9 Å². The van der Waals surface area contributed by atoms with Crippen LogP contribution in [-0.4, -0.2) is 61.1 Å². The molecule has 0 aliphatic heterocycles. The van der Waals surface area contributed by atoms with Crippen molar-refractivity contribution in [1.82, 2.24) is 10.6 Å². The fraction of sp³-hybridized carbons (Fsp3) is 0.450. The van der Waals surface area contributed by atoms with Crippen molar-refractivity contribution < 1.29 is 42.9 Å². The summed E-state index contributed by atoms with van der Waals surface area (Å²) in [5, 5.41) is 14.1. The maximum Gasteiger partial charge on any atom is 0.326 e. The van der Waals surface area contributed by atoms with Gasteiger partial charge in [-0.05, 0) is 11.6 Å². The molecule has 10 nitrogen and oxygen atoms in total. The molecule has 3 atom stereocenters. The van der Waals surface area contributed by atoms with E-state index in [0.29, 0.717) is 0 Å². The molecule has 0 saturated heterocycles. The summed E-state index contributed by atoms with van der Waals surface area (Å²) in [6.45, 7) is 2.39. The highest BCUT2D eigenvalue weighted by molar-refractivity contribution is 5.97. The van der Waals surface area contributed by atoms with Gasteiger partial charge in [0.1, 0.15) is 17.9 Å². The highest BCUT2D eigenvalue weighted by Crippen LogP contribution is 2.20. The Labute approximate surface area is 178 Å². The van der Waals surface area contributed by atoms with Crippen LogP contribution < -0.4 is 10.6 Å². The van der Waals surface area contributed by atoms with Gasteiger partial charge in [-0.1, -0.05) is 25.1 Å². The van der Waals surface area contributed by atoms with Crippen LogP contribution in [0.2, 0.25) is 0 Å². The molecule has 1 aromatic carbocycles. The fourth-order valence-corrected chi connectivity index (χ4v) is 2.98. The highest BCUT2D eigenvalue weighted by atomic mass is 19.1. The Morgan fingerprint density at radius 1 is 1.03 bits per heavy atom. The van der Waals surface area contributed by atoms with E-state index in [1.165, 1.54) is 25.1 Å². The Morgan fingerprint density at radius 2 is 1.58 bits per heavy atom. The van der Waals surface area contributed by atoms with E-state index in [2.05, 4.69) is 20.1 Å². The number of aliphatic carboxylic acids is 1. The van der Waals surface area contributed by atoms with Crippen molar-refractivity contribution in [3.63, 3.8) is 0 Å². The number of benzene rings is 1. The SMILES string of the molecule is COC(=O)C(C(=O)OC)[C@@H](C)[C@@H](NC(=O)[C@@H](Cc1ccccc1F)NC(C)=O)C(=O)O. The van der Waals surface area contributed by atoms with Crippen LogP contribution in [0.4, 0.5) is 4.39 Å². The molecule has 0 fully saturated rings. The first-order chi connectivity index (χ1) is 14.5. The molecule has 0 bridgehead atoms. The fourth-order valence-electron chi connectivity index (χ4n) is 2.98. The normalized spacial score (nSPS) is 13.5. The van der Waals surface area contributed by atoms with Crippen molar-refractivity contribution in [3.05, 3.63) is 35.6 Å². The number of carbonyl (C=O) groups excluding carboxylic acids is 4. The summed E-state index contributed by atoms with van der Waals surface area (Å²) in [6.07, 6.45) is -0.254. The summed E-state index contributed by atoms with van der Waals surface area (Å²) in [6, 6.07) is 2.57. The Morgan fingerprint density at radius 3 is 2.03 bits per heavy atom. The number of rotatable bonds is 10. The van der Waals surface area contributed by atoms with Crippen molar-refractivity contribution in [3.8, 4) is 0 Å². The third kappa shape index (κ3) is 7.05. The van der Waals surface area contributed by atoms with Crippen molar-refractivity contribution in [2.45, 2.75) is 32.4 Å². The van der Waals surface area contributed by atoms with E-state index < -0.39 is 59.5 Å². The van der Waals surface area contributed by atoms with Gasteiger partial charge in [-0.25, -0.2) is 9.18 Å². The lowest BCUT2D eigenvalue weighted by atomic mass is 9.87. The van der Waals surface area contributed by atoms with E-state index in [1.807, 2.05) is 0 Å². The van der Waals surface area contributed by atoms with Gasteiger partial charge in [0.15, 0.2) is 5.92 Å². The van der Waals surface area contributed by atoms with Crippen LogP contribution in [0, 0.1) is 17.7 Å². The van der Waals surface area contributed by atoms with Crippen molar-refractivity contribution in [2.24, 2.45) is 11.8 Å². The molecule has 0 spiro atoms. The molecule has 0 unspecified atom stereocenters. The number of carbonyl (C=O) groups is 5. The summed E-state index contributed by atoms with van der Waals surface area (Å²) < 4.78 is 23.1. The molecule has 0 radical (unpaired) electrons. The van der Waals surface area contributed by atoms with Gasteiger partial charge in [-0.15, -0.1) is 0 Å². The van der Waals surface area contributed by atoms with E-state index in [9.17, 15) is 33.5 Å². The van der Waals surface area contributed by atoms with Crippen molar-refractivity contribution >= 4 is 29.7 Å². The number of carboxylic acids is 1. The number of ether oxygens (including phenoxy) is 2. The molecule has 0 aromatic heterocycles. The van der Waals surface area contributed by atoms with Gasteiger partial charge in [0.25, 0.3) is 0 Å². The average Bonchev–Trinajstić information content (AvgIpc) is 2.71. The summed E-state index contributed by atoms with van der Waals surface area (Å²) in [7, 11) is 2.03. The predicted octanol–water partition coefficient (Wildman–Crippen LogP) is 0.0406. The number of esters is 2. The summed E-state index contributed by atoms with van der Waals surface area (Å²) >= 11 is 0. The number of carboxylic acid groups (broad SMARTS) is 1. The largest absolute Gasteiger partial charge is 0.480 e. The first kappa shape index (κ1) is 25.5. The number of amides is 2. The molecule has 0 heterocycles. The second-order valence-electron chi connectivity index (χ2n) is 6.76. The molecule has 0 saturated carbocycles. The third-order valence-electron chi connectivity index (χ3n) is 4.60. The molecule has 2 amide bonds. The minimum Gasteiger partial charge on any atom is -0.480 e. The molecule has 11 heteroatoms. The molecule has 31 heavy (non-hydrogen) atoms. The minimum atomic E-state index is -1.72. The summed E-state index contributed by atoms with van der Waals surface area (Å²) in [5.41, 5.74) is 0.123. The molecule has 170 valence electrons. The van der Waals surface area contributed by atoms with Gasteiger partial charge in [0.05, 0.1) is 14.2 Å². The van der Waals surface area contributed by atoms with Crippen LogP contribution in [0.1, 0.15) is 19.4 Å². The maximum atomic E-state index is 14.0. The first-order valence-electron chi connectivity index (χ1n) is 9.22. The number of methoxy groups -OCH3 is 2. The zero-order valence-corrected chi connectivity index (χ0v) is 17.5. The first-order valence-corrected chi connectivity index (χ1v) is 9.22. The minimum absolute atomic E-state index is 0.123. The predicted molar refractivity (Wildman–Crippen MR) is 104 cm³/mol. The number of nitrogens with one attached hydrogen (secondary N) is 2. The molecule has 0 aliphatic carbocycles. The smallest absolute Gasteiger partial charge is 0.326 e. The number of halogens is 1. The summed E-state index contributed by atoms with van der Waals surface area (Å²) in [4.78, 5) is 60.1. The van der Waals surface area contributed by atoms with Crippen LogP contribution in [0.3, 0.4) is 0 Å². The van der Waals surface area contributed by atoms with Crippen LogP contribution in [0.15, 0.2) is 24.3 Å². The quantitative estimate of drug-likeness (QED) is 0.341. The molecule has 1 aromatic rings. The van der Waals surface area contributed by atoms with Crippen LogP contribution in [0.25, 0.3) is 0 Å². The second-order valence-corrected chi connectivity index (χ2v) is 6.76. The maximum absolute atomic E-state index is 14.0. The second kappa shape index (κ2) is 11.6. The lowest BCUT2D eigenvalue weighted by Gasteiger charge is -2.27. The Kier molecular flexibility index (Phi) is 9.58. The number of hydrogen-bond donors (Lipinski definition) is 3. The standard InChI is InChI=1S/C20H25FN2O8/c1-10(15(19(28)30-3)20(29)31-4)16(18(26)27)23-17(25)14(22-11(2)24)9-12-7-5-6-8-13(12)21/h5-8,10,14-16H,9H2,1-4H3,(H,22,24)(H,23,25)(H,26,27)/t10-,14-,16-/m1/s1. The topological polar surface area (TPSA) is 148 Å². The summed E-state index contributed by atoms with van der Waals surface area (Å²) in [5.74, 6) is -8.65. The van der Waals surface area contributed by atoms with Crippen molar-refractivity contribution in [1.29, 1.82) is 0 Å². The third-order valence-corrected chi connectivity index (χ3v) is 4.60. The Hall–Kier alpha value is -3.50. The Balaban J connectivity index is 3.16. The zero-order chi connectivity index (χ0) is 23.7. The molecule has 3 N–H and O–H groups in total. The monoisotopic (exact) mass is 440 g/mol. The van der Waals surface area contributed by atoms with Gasteiger partial charge in [0.2, 0.25) is 11.8 Å². The highest BCUT2D eigenvalue weighted by Gasteiger charge is 2.42. The van der Waals surface area contributed by atoms with E-state index >= 15 is 0 Å². The molecular formula is C20H25FN2O8. The van der Waals surface area contributed by atoms with Crippen LogP contribution in [0.5, 0.6) is 0 Å². The van der Waals surface area contributed by atoms with Gasteiger partial charge < -0.3 is 25.2 Å². The molecular weight excluding hydrogens is 415 g/mol. The average molecular weight is 440 g/mol. The van der Waals surface area contributed by atoms with Gasteiger partial charge in [0, 0.05) is 19.3 Å². The van der Waals surface area contributed by atoms with Gasteiger partial charge in [-0.3, -0.25) is 19.2 Å². The van der Waals surface area contributed by atoms with E-state index in [0.717, 1.165) is 21.1 Å². The number of hydrogen-bond acceptors (Lipinski definition) is 7.